The number of rotatable bonds is 10. The van der Waals surface area contributed by atoms with E-state index in [0.29, 0.717) is 23.6 Å². The highest BCUT2D eigenvalue weighted by Gasteiger charge is 2.47. The highest BCUT2D eigenvalue weighted by atomic mass is 35.5. The summed E-state index contributed by atoms with van der Waals surface area (Å²) in [4.78, 5) is 54.2. The fraction of sp³-hybridized carbons (Fsp3) is 0.526. The fourth-order valence-corrected chi connectivity index (χ4v) is 6.57. The Bertz CT molecular complexity index is 1480. The summed E-state index contributed by atoms with van der Waals surface area (Å²) in [5, 5.41) is 9.10. The van der Waals surface area contributed by atoms with Crippen LogP contribution < -0.4 is 20.7 Å². The summed E-state index contributed by atoms with van der Waals surface area (Å²) >= 11 is 6.37. The molecule has 1 saturated heterocycles. The van der Waals surface area contributed by atoms with Gasteiger partial charge in [0.25, 0.3) is 0 Å². The summed E-state index contributed by atoms with van der Waals surface area (Å²) in [6.07, 6.45) is 3.29. The third kappa shape index (κ3) is 11.3. The Balaban J connectivity index is 1.63. The Morgan fingerprint density at radius 1 is 0.898 bits per heavy atom. The van der Waals surface area contributed by atoms with E-state index in [-0.39, 0.29) is 55.1 Å². The van der Waals surface area contributed by atoms with Crippen molar-refractivity contribution in [1.29, 1.82) is 0 Å². The van der Waals surface area contributed by atoms with Gasteiger partial charge < -0.3 is 30.2 Å². The van der Waals surface area contributed by atoms with Crippen molar-refractivity contribution in [3.8, 4) is 5.75 Å². The molecular formula is C38H50ClN3O7. The van der Waals surface area contributed by atoms with E-state index in [0.717, 1.165) is 11.1 Å². The zero-order chi connectivity index (χ0) is 35.7. The van der Waals surface area contributed by atoms with Gasteiger partial charge in [-0.15, -0.1) is 0 Å². The summed E-state index contributed by atoms with van der Waals surface area (Å²) in [5.41, 5.74) is 1.76. The number of benzene rings is 2. The molecule has 0 spiro atoms. The third-order valence-corrected chi connectivity index (χ3v) is 9.11. The Morgan fingerprint density at radius 3 is 2.27 bits per heavy atom. The number of epoxide rings is 1. The first-order chi connectivity index (χ1) is 23.3. The summed E-state index contributed by atoms with van der Waals surface area (Å²) in [6.45, 7) is 9.91. The number of carbonyl (C=O) groups is 4. The molecule has 0 radical (unpaired) electrons. The molecule has 2 aliphatic heterocycles. The zero-order valence-electron chi connectivity index (χ0n) is 29.2. The number of methoxy groups -OCH3 is 1. The number of hydrogen-bond donors (Lipinski definition) is 3. The van der Waals surface area contributed by atoms with E-state index in [1.807, 2.05) is 65.0 Å². The quantitative estimate of drug-likeness (QED) is 0.222. The van der Waals surface area contributed by atoms with Crippen molar-refractivity contribution in [3.63, 3.8) is 0 Å². The Hall–Kier alpha value is -3.89. The molecule has 0 bridgehead atoms. The molecule has 3 unspecified atom stereocenters. The van der Waals surface area contributed by atoms with E-state index in [1.165, 1.54) is 13.2 Å². The Morgan fingerprint density at radius 2 is 1.61 bits per heavy atom. The van der Waals surface area contributed by atoms with Gasteiger partial charge in [0, 0.05) is 31.2 Å². The Labute approximate surface area is 294 Å². The van der Waals surface area contributed by atoms with E-state index in [1.54, 1.807) is 24.3 Å². The molecule has 2 heterocycles. The lowest BCUT2D eigenvalue weighted by Crippen LogP contribution is -2.52. The molecule has 0 aromatic heterocycles. The van der Waals surface area contributed by atoms with Crippen molar-refractivity contribution in [2.75, 3.05) is 7.11 Å². The molecule has 2 aromatic rings. The molecule has 1 fully saturated rings. The van der Waals surface area contributed by atoms with Crippen LogP contribution in [0.5, 0.6) is 5.75 Å². The third-order valence-electron chi connectivity index (χ3n) is 8.81. The number of cyclic esters (lactones) is 1. The van der Waals surface area contributed by atoms with E-state index >= 15 is 0 Å². The van der Waals surface area contributed by atoms with Gasteiger partial charge >= 0.3 is 5.97 Å². The molecule has 0 saturated carbocycles. The van der Waals surface area contributed by atoms with Crippen molar-refractivity contribution in [3.05, 3.63) is 76.8 Å². The highest BCUT2D eigenvalue weighted by Crippen LogP contribution is 2.45. The minimum atomic E-state index is -0.958. The molecule has 7 atom stereocenters. The van der Waals surface area contributed by atoms with Crippen LogP contribution in [0, 0.1) is 17.8 Å². The predicted molar refractivity (Wildman–Crippen MR) is 188 cm³/mol. The lowest BCUT2D eigenvalue weighted by atomic mass is 9.93. The standard InChI is InChI=1S/C38H50ClN3O7/c1-22(2)17-27-21-34(44)42-30(18-23(3)4)38(46)48-31(24(5)35-36(49-35)26-11-8-7-9-12-26)13-10-14-33(43)41-29(37(45)40-27)20-25-15-16-32(47-6)28(39)19-25/h7-12,14-16,19,22-24,27,29-31,35-36H,13,17-18,20-21H2,1-6H3,(H,40,45)(H,41,43)(H,42,44)/b14-10+/t24-,27?,29+,30-,31-,35?,36?/m0/s1. The number of halogens is 1. The average Bonchev–Trinajstić information content (AvgIpc) is 3.84. The van der Waals surface area contributed by atoms with Gasteiger partial charge in [-0.2, -0.15) is 0 Å². The fourth-order valence-electron chi connectivity index (χ4n) is 6.29. The maximum absolute atomic E-state index is 13.8. The molecule has 266 valence electrons. The average molecular weight is 696 g/mol. The van der Waals surface area contributed by atoms with E-state index in [4.69, 9.17) is 25.8 Å². The van der Waals surface area contributed by atoms with Crippen LogP contribution in [0.3, 0.4) is 0 Å². The number of amides is 3. The molecule has 0 aliphatic carbocycles. The summed E-state index contributed by atoms with van der Waals surface area (Å²) in [6, 6.07) is 12.7. The number of esters is 1. The largest absolute Gasteiger partial charge is 0.495 e. The van der Waals surface area contributed by atoms with E-state index < -0.39 is 42.0 Å². The molecule has 49 heavy (non-hydrogen) atoms. The molecule has 11 heteroatoms. The summed E-state index contributed by atoms with van der Waals surface area (Å²) < 4.78 is 17.4. The normalized spacial score (nSPS) is 26.7. The maximum Gasteiger partial charge on any atom is 0.328 e. The number of hydrogen-bond acceptors (Lipinski definition) is 7. The molecular weight excluding hydrogens is 646 g/mol. The monoisotopic (exact) mass is 695 g/mol. The first-order valence-corrected chi connectivity index (χ1v) is 17.5. The van der Waals surface area contributed by atoms with Crippen molar-refractivity contribution >= 4 is 35.3 Å². The van der Waals surface area contributed by atoms with Gasteiger partial charge in [0.1, 0.15) is 30.0 Å². The van der Waals surface area contributed by atoms with Gasteiger partial charge in [-0.25, -0.2) is 4.79 Å². The summed E-state index contributed by atoms with van der Waals surface area (Å²) in [7, 11) is 1.52. The molecule has 3 amide bonds. The van der Waals surface area contributed by atoms with Crippen LogP contribution in [0.1, 0.15) is 77.5 Å². The topological polar surface area (TPSA) is 135 Å². The zero-order valence-corrected chi connectivity index (χ0v) is 30.0. The molecule has 10 nitrogen and oxygen atoms in total. The van der Waals surface area contributed by atoms with Crippen molar-refractivity contribution in [2.45, 2.75) is 103 Å². The van der Waals surface area contributed by atoms with Crippen molar-refractivity contribution in [2.24, 2.45) is 17.8 Å². The molecule has 4 rings (SSSR count). The molecule has 2 aliphatic rings. The van der Waals surface area contributed by atoms with Crippen molar-refractivity contribution < 1.29 is 33.4 Å². The van der Waals surface area contributed by atoms with Gasteiger partial charge in [0.2, 0.25) is 17.7 Å². The van der Waals surface area contributed by atoms with Crippen LogP contribution in [-0.2, 0) is 35.1 Å². The second-order valence-corrected chi connectivity index (χ2v) is 14.3. The van der Waals surface area contributed by atoms with Crippen LogP contribution in [0.2, 0.25) is 5.02 Å². The molecule has 3 N–H and O–H groups in total. The second-order valence-electron chi connectivity index (χ2n) is 13.9. The van der Waals surface area contributed by atoms with Gasteiger partial charge in [-0.3, -0.25) is 14.4 Å². The smallest absolute Gasteiger partial charge is 0.328 e. The van der Waals surface area contributed by atoms with Gasteiger partial charge in [-0.1, -0.05) is 88.7 Å². The van der Waals surface area contributed by atoms with Gasteiger partial charge in [0.15, 0.2) is 0 Å². The van der Waals surface area contributed by atoms with Crippen molar-refractivity contribution in [1.82, 2.24) is 16.0 Å². The second kappa shape index (κ2) is 17.7. The first kappa shape index (κ1) is 37.9. The van der Waals surface area contributed by atoms with Crippen LogP contribution >= 0.6 is 11.6 Å². The lowest BCUT2D eigenvalue weighted by Gasteiger charge is -2.28. The SMILES string of the molecule is COc1ccc(C[C@H]2NC(=O)/C=C/C[C@@H]([C@H](C)C3OC3c3ccccc3)OC(=O)[C@H](CC(C)C)NC(=O)CC(CC(C)C)NC2=O)cc1Cl. The predicted octanol–water partition coefficient (Wildman–Crippen LogP) is 5.48. The summed E-state index contributed by atoms with van der Waals surface area (Å²) in [5.74, 6) is -1.30. The lowest BCUT2D eigenvalue weighted by molar-refractivity contribution is -0.156. The molecule has 2 aromatic carbocycles. The highest BCUT2D eigenvalue weighted by molar-refractivity contribution is 6.32. The maximum atomic E-state index is 13.8. The van der Waals surface area contributed by atoms with Crippen LogP contribution in [0.4, 0.5) is 0 Å². The van der Waals surface area contributed by atoms with Gasteiger partial charge in [0.05, 0.1) is 18.2 Å². The minimum absolute atomic E-state index is 0.0464. The number of carbonyl (C=O) groups excluding carboxylic acids is 4. The van der Waals surface area contributed by atoms with E-state index in [2.05, 4.69) is 16.0 Å². The van der Waals surface area contributed by atoms with E-state index in [9.17, 15) is 19.2 Å². The first-order valence-electron chi connectivity index (χ1n) is 17.1. The number of ether oxygens (including phenoxy) is 3. The van der Waals surface area contributed by atoms with Crippen LogP contribution in [0.15, 0.2) is 60.7 Å². The van der Waals surface area contributed by atoms with Crippen LogP contribution in [-0.4, -0.2) is 61.1 Å². The van der Waals surface area contributed by atoms with Crippen LogP contribution in [0.25, 0.3) is 0 Å². The van der Waals surface area contributed by atoms with Gasteiger partial charge in [-0.05, 0) is 54.0 Å². The Kier molecular flexibility index (Phi) is 13.7. The number of nitrogens with one attached hydrogen (secondary N) is 3. The minimum Gasteiger partial charge on any atom is -0.495 e.